The first-order chi connectivity index (χ1) is 17.4. The van der Waals surface area contributed by atoms with Crippen molar-refractivity contribution in [3.8, 4) is 45.3 Å². The summed E-state index contributed by atoms with van der Waals surface area (Å²) < 4.78 is 0. The SMILES string of the molecule is Oc1cccc(-c2ccc3cc(O)ccc3c2)c1.Oc1cccc(-c2ccc3cc(O)ccc3c2)c1. The summed E-state index contributed by atoms with van der Waals surface area (Å²) in [6.45, 7) is 0. The fraction of sp³-hybridized carbons (Fsp3) is 0. The predicted molar refractivity (Wildman–Crippen MR) is 145 cm³/mol. The molecule has 4 heteroatoms. The zero-order valence-corrected chi connectivity index (χ0v) is 19.3. The molecule has 0 aliphatic carbocycles. The number of benzene rings is 6. The van der Waals surface area contributed by atoms with Gasteiger partial charge in [0.15, 0.2) is 0 Å². The summed E-state index contributed by atoms with van der Waals surface area (Å²) >= 11 is 0. The van der Waals surface area contributed by atoms with Crippen molar-refractivity contribution in [3.63, 3.8) is 0 Å². The maximum atomic E-state index is 9.49. The summed E-state index contributed by atoms with van der Waals surface area (Å²) in [5.41, 5.74) is 4.04. The van der Waals surface area contributed by atoms with Crippen molar-refractivity contribution in [2.24, 2.45) is 0 Å². The molecule has 0 unspecified atom stereocenters. The number of phenols is 4. The second-order valence-electron chi connectivity index (χ2n) is 8.59. The number of hydrogen-bond acceptors (Lipinski definition) is 4. The van der Waals surface area contributed by atoms with Gasteiger partial charge in [0.25, 0.3) is 0 Å². The molecule has 36 heavy (non-hydrogen) atoms. The quantitative estimate of drug-likeness (QED) is 0.207. The molecule has 0 amide bonds. The molecular formula is C32H24O4. The summed E-state index contributed by atoms with van der Waals surface area (Å²) in [5.74, 6) is 1.07. The van der Waals surface area contributed by atoms with Gasteiger partial charge in [-0.1, -0.05) is 60.7 Å². The van der Waals surface area contributed by atoms with Gasteiger partial charge in [0.2, 0.25) is 0 Å². The van der Waals surface area contributed by atoms with Gasteiger partial charge in [0.1, 0.15) is 23.0 Å². The molecule has 0 aliphatic heterocycles. The van der Waals surface area contributed by atoms with E-state index in [1.165, 1.54) is 0 Å². The Kier molecular flexibility index (Phi) is 6.16. The van der Waals surface area contributed by atoms with Crippen LogP contribution in [0.5, 0.6) is 23.0 Å². The van der Waals surface area contributed by atoms with Crippen molar-refractivity contribution in [1.29, 1.82) is 0 Å². The molecule has 6 rings (SSSR count). The summed E-state index contributed by atoms with van der Waals surface area (Å²) in [4.78, 5) is 0. The Bertz CT molecular complexity index is 1560. The Balaban J connectivity index is 0.000000148. The maximum absolute atomic E-state index is 9.49. The normalized spacial score (nSPS) is 10.7. The minimum atomic E-state index is 0.262. The summed E-state index contributed by atoms with van der Waals surface area (Å²) in [5, 5.41) is 41.9. The molecular weight excluding hydrogens is 448 g/mol. The Labute approximate surface area is 208 Å². The summed E-state index contributed by atoms with van der Waals surface area (Å²) in [6, 6.07) is 36.9. The third-order valence-corrected chi connectivity index (χ3v) is 6.01. The smallest absolute Gasteiger partial charge is 0.116 e. The van der Waals surface area contributed by atoms with Gasteiger partial charge in [-0.25, -0.2) is 0 Å². The lowest BCUT2D eigenvalue weighted by atomic mass is 10.0. The minimum Gasteiger partial charge on any atom is -0.508 e. The topological polar surface area (TPSA) is 80.9 Å². The van der Waals surface area contributed by atoms with Crippen LogP contribution >= 0.6 is 0 Å². The van der Waals surface area contributed by atoms with Crippen LogP contribution in [0.15, 0.2) is 121 Å². The van der Waals surface area contributed by atoms with Gasteiger partial charge in [-0.3, -0.25) is 0 Å². The zero-order chi connectivity index (χ0) is 25.1. The molecule has 0 saturated carbocycles. The fourth-order valence-electron chi connectivity index (χ4n) is 4.20. The van der Waals surface area contributed by atoms with Crippen LogP contribution in [0.25, 0.3) is 43.8 Å². The molecule has 0 atom stereocenters. The lowest BCUT2D eigenvalue weighted by Gasteiger charge is -2.05. The van der Waals surface area contributed by atoms with Crippen LogP contribution in [0.4, 0.5) is 0 Å². The van der Waals surface area contributed by atoms with Crippen LogP contribution < -0.4 is 0 Å². The van der Waals surface area contributed by atoms with Crippen LogP contribution in [0.1, 0.15) is 0 Å². The fourth-order valence-corrected chi connectivity index (χ4v) is 4.20. The van der Waals surface area contributed by atoms with E-state index in [2.05, 4.69) is 0 Å². The van der Waals surface area contributed by atoms with Crippen molar-refractivity contribution >= 4 is 21.5 Å². The molecule has 0 aromatic heterocycles. The van der Waals surface area contributed by atoms with E-state index in [0.717, 1.165) is 43.8 Å². The van der Waals surface area contributed by atoms with E-state index in [4.69, 9.17) is 0 Å². The molecule has 176 valence electrons. The van der Waals surface area contributed by atoms with E-state index in [0.29, 0.717) is 0 Å². The monoisotopic (exact) mass is 472 g/mol. The van der Waals surface area contributed by atoms with Crippen LogP contribution in [0, 0.1) is 0 Å². The molecule has 6 aromatic carbocycles. The Morgan fingerprint density at radius 3 is 1.03 bits per heavy atom. The highest BCUT2D eigenvalue weighted by atomic mass is 16.3. The standard InChI is InChI=1S/2C16H12O2/c2*17-15-3-1-2-11(9-15)12-4-5-14-10-16(18)7-6-13(14)8-12/h2*1-10,17-18H. The molecule has 0 aliphatic rings. The Hall–Kier alpha value is -4.96. The molecule has 0 fully saturated rings. The van der Waals surface area contributed by atoms with Gasteiger partial charge in [0.05, 0.1) is 0 Å². The highest BCUT2D eigenvalue weighted by molar-refractivity contribution is 5.89. The second kappa shape index (κ2) is 9.72. The molecule has 4 nitrogen and oxygen atoms in total. The maximum Gasteiger partial charge on any atom is 0.116 e. The van der Waals surface area contributed by atoms with Crippen LogP contribution in [-0.4, -0.2) is 20.4 Å². The summed E-state index contributed by atoms with van der Waals surface area (Å²) in [6.07, 6.45) is 0. The number of fused-ring (bicyclic) bond motifs is 2. The number of phenolic OH excluding ortho intramolecular Hbond substituents is 4. The van der Waals surface area contributed by atoms with Crippen molar-refractivity contribution in [2.75, 3.05) is 0 Å². The van der Waals surface area contributed by atoms with Crippen molar-refractivity contribution < 1.29 is 20.4 Å². The molecule has 0 bridgehead atoms. The second-order valence-corrected chi connectivity index (χ2v) is 8.59. The first-order valence-electron chi connectivity index (χ1n) is 11.5. The van der Waals surface area contributed by atoms with Crippen molar-refractivity contribution in [1.82, 2.24) is 0 Å². The van der Waals surface area contributed by atoms with Crippen molar-refractivity contribution in [3.05, 3.63) is 121 Å². The lowest BCUT2D eigenvalue weighted by molar-refractivity contribution is 0.475. The zero-order valence-electron chi connectivity index (χ0n) is 19.3. The summed E-state index contributed by atoms with van der Waals surface area (Å²) in [7, 11) is 0. The third-order valence-electron chi connectivity index (χ3n) is 6.01. The van der Waals surface area contributed by atoms with E-state index in [1.54, 1.807) is 48.5 Å². The average Bonchev–Trinajstić information content (AvgIpc) is 2.88. The van der Waals surface area contributed by atoms with Crippen LogP contribution in [-0.2, 0) is 0 Å². The van der Waals surface area contributed by atoms with Gasteiger partial charge >= 0.3 is 0 Å². The predicted octanol–water partition coefficient (Wildman–Crippen LogP) is 7.84. The average molecular weight is 473 g/mol. The van der Waals surface area contributed by atoms with Crippen LogP contribution in [0.3, 0.4) is 0 Å². The molecule has 0 heterocycles. The molecule has 6 aromatic rings. The van der Waals surface area contributed by atoms with Gasteiger partial charge in [-0.2, -0.15) is 0 Å². The number of aromatic hydroxyl groups is 4. The van der Waals surface area contributed by atoms with E-state index in [1.807, 2.05) is 72.8 Å². The number of rotatable bonds is 2. The molecule has 0 radical (unpaired) electrons. The minimum absolute atomic E-state index is 0.262. The Morgan fingerprint density at radius 1 is 0.278 bits per heavy atom. The first kappa shape index (κ1) is 22.8. The van der Waals surface area contributed by atoms with Gasteiger partial charge < -0.3 is 20.4 Å². The van der Waals surface area contributed by atoms with Gasteiger partial charge in [-0.15, -0.1) is 0 Å². The third kappa shape index (κ3) is 5.08. The van der Waals surface area contributed by atoms with Gasteiger partial charge in [0, 0.05) is 0 Å². The lowest BCUT2D eigenvalue weighted by Crippen LogP contribution is -1.79. The van der Waals surface area contributed by atoms with Crippen molar-refractivity contribution in [2.45, 2.75) is 0 Å². The largest absolute Gasteiger partial charge is 0.508 e. The van der Waals surface area contributed by atoms with E-state index in [9.17, 15) is 20.4 Å². The Morgan fingerprint density at radius 2 is 0.611 bits per heavy atom. The van der Waals surface area contributed by atoms with E-state index in [-0.39, 0.29) is 23.0 Å². The molecule has 0 saturated heterocycles. The van der Waals surface area contributed by atoms with E-state index < -0.39 is 0 Å². The highest BCUT2D eigenvalue weighted by Gasteiger charge is 2.03. The highest BCUT2D eigenvalue weighted by Crippen LogP contribution is 2.29. The van der Waals surface area contributed by atoms with E-state index >= 15 is 0 Å². The number of hydrogen-bond donors (Lipinski definition) is 4. The molecule has 0 spiro atoms. The first-order valence-corrected chi connectivity index (χ1v) is 11.5. The molecule has 4 N–H and O–H groups in total. The van der Waals surface area contributed by atoms with Gasteiger partial charge in [-0.05, 0) is 104 Å². The van der Waals surface area contributed by atoms with Crippen LogP contribution in [0.2, 0.25) is 0 Å².